The number of sulfonamides is 1. The van der Waals surface area contributed by atoms with E-state index in [-0.39, 0.29) is 23.0 Å². The first-order valence-corrected chi connectivity index (χ1v) is 11.1. The summed E-state index contributed by atoms with van der Waals surface area (Å²) in [6, 6.07) is 3.06. The van der Waals surface area contributed by atoms with Gasteiger partial charge in [-0.2, -0.15) is 4.72 Å². The third kappa shape index (κ3) is 8.25. The Labute approximate surface area is 182 Å². The first kappa shape index (κ1) is 26.5. The van der Waals surface area contributed by atoms with Crippen LogP contribution in [0.4, 0.5) is 5.69 Å². The molecule has 174 valence electrons. The molecule has 1 atom stereocenters. The van der Waals surface area contributed by atoms with Gasteiger partial charge in [-0.3, -0.25) is 19.7 Å². The largest absolute Gasteiger partial charge is 0.468 e. The molecule has 1 aromatic carbocycles. The van der Waals surface area contributed by atoms with Crippen LogP contribution in [0.25, 0.3) is 0 Å². The number of nitro benzene ring substituents is 1. The van der Waals surface area contributed by atoms with E-state index in [2.05, 4.69) is 4.72 Å². The topological polar surface area (TPSA) is 142 Å². The monoisotopic (exact) mass is 458 g/mol. The number of esters is 2. The van der Waals surface area contributed by atoms with E-state index in [1.165, 1.54) is 0 Å². The first-order valence-electron chi connectivity index (χ1n) is 9.65. The van der Waals surface area contributed by atoms with E-state index in [0.717, 1.165) is 31.4 Å². The highest BCUT2D eigenvalue weighted by Gasteiger charge is 2.39. The zero-order valence-electron chi connectivity index (χ0n) is 18.6. The van der Waals surface area contributed by atoms with Crippen LogP contribution >= 0.6 is 0 Å². The van der Waals surface area contributed by atoms with Gasteiger partial charge in [0.2, 0.25) is 10.0 Å². The second-order valence-electron chi connectivity index (χ2n) is 8.76. The predicted molar refractivity (Wildman–Crippen MR) is 113 cm³/mol. The minimum atomic E-state index is -4.17. The Balaban J connectivity index is 2.97. The van der Waals surface area contributed by atoms with Crippen LogP contribution in [0.3, 0.4) is 0 Å². The maximum Gasteiger partial charge on any atom is 0.324 e. The predicted octanol–water partition coefficient (Wildman–Crippen LogP) is 2.95. The lowest BCUT2D eigenvalue weighted by Crippen LogP contribution is -2.50. The fourth-order valence-electron chi connectivity index (χ4n) is 2.84. The molecule has 1 rings (SSSR count). The van der Waals surface area contributed by atoms with Crippen LogP contribution in [0.5, 0.6) is 0 Å². The summed E-state index contributed by atoms with van der Waals surface area (Å²) in [6.45, 7) is 8.64. The van der Waals surface area contributed by atoms with Gasteiger partial charge in [0.15, 0.2) is 0 Å². The van der Waals surface area contributed by atoms with Crippen LogP contribution in [0, 0.1) is 15.5 Å². The average Bonchev–Trinajstić information content (AvgIpc) is 2.63. The maximum absolute atomic E-state index is 12.8. The summed E-state index contributed by atoms with van der Waals surface area (Å²) in [5, 5.41) is 10.8. The highest BCUT2D eigenvalue weighted by atomic mass is 32.2. The lowest BCUT2D eigenvalue weighted by Gasteiger charge is -2.32. The second kappa shape index (κ2) is 10.2. The van der Waals surface area contributed by atoms with Crippen molar-refractivity contribution in [2.24, 2.45) is 5.41 Å². The molecule has 0 fully saturated rings. The van der Waals surface area contributed by atoms with Crippen LogP contribution in [0.1, 0.15) is 53.9 Å². The molecule has 1 aromatic rings. The van der Waals surface area contributed by atoms with E-state index < -0.39 is 38.0 Å². The lowest BCUT2D eigenvalue weighted by molar-refractivity contribution is -0.384. The molecular weight excluding hydrogens is 428 g/mol. The van der Waals surface area contributed by atoms with Crippen LogP contribution in [-0.4, -0.2) is 44.0 Å². The van der Waals surface area contributed by atoms with Gasteiger partial charge in [-0.05, 0) is 51.2 Å². The van der Waals surface area contributed by atoms with Crippen molar-refractivity contribution >= 4 is 27.6 Å². The van der Waals surface area contributed by atoms with Crippen molar-refractivity contribution in [3.63, 3.8) is 0 Å². The van der Waals surface area contributed by atoms with Crippen LogP contribution < -0.4 is 4.72 Å². The van der Waals surface area contributed by atoms with Gasteiger partial charge in [-0.15, -0.1) is 0 Å². The Morgan fingerprint density at radius 3 is 2.13 bits per heavy atom. The normalized spacial score (nSPS) is 13.4. The van der Waals surface area contributed by atoms with E-state index in [4.69, 9.17) is 9.47 Å². The third-order valence-corrected chi connectivity index (χ3v) is 5.91. The first-order chi connectivity index (χ1) is 14.1. The van der Waals surface area contributed by atoms with Gasteiger partial charge < -0.3 is 9.47 Å². The SMILES string of the molecule is COC(=O)[C@@H](NS(=O)(=O)c1ccc([N+](=O)[O-])cc1)C(C)(C)CCCC(=O)OC(C)(C)C. The number of ether oxygens (including phenoxy) is 2. The Morgan fingerprint density at radius 2 is 1.68 bits per heavy atom. The van der Waals surface area contributed by atoms with Crippen LogP contribution in [-0.2, 0) is 29.1 Å². The van der Waals surface area contributed by atoms with E-state index in [0.29, 0.717) is 12.8 Å². The van der Waals surface area contributed by atoms with Gasteiger partial charge in [-0.1, -0.05) is 13.8 Å². The molecule has 0 spiro atoms. The van der Waals surface area contributed by atoms with Gasteiger partial charge >= 0.3 is 11.9 Å². The Hall–Kier alpha value is -2.53. The van der Waals surface area contributed by atoms with E-state index in [1.54, 1.807) is 34.6 Å². The summed E-state index contributed by atoms with van der Waals surface area (Å²) < 4.78 is 37.9. The number of non-ortho nitro benzene ring substituents is 1. The minimum absolute atomic E-state index is 0.115. The number of nitro groups is 1. The number of nitrogens with zero attached hydrogens (tertiary/aromatic N) is 1. The Kier molecular flexibility index (Phi) is 8.71. The quantitative estimate of drug-likeness (QED) is 0.320. The summed E-state index contributed by atoms with van der Waals surface area (Å²) in [7, 11) is -3.03. The molecule has 0 bridgehead atoms. The molecule has 11 heteroatoms. The molecule has 31 heavy (non-hydrogen) atoms. The molecule has 0 amide bonds. The molecule has 0 aliphatic rings. The van der Waals surface area contributed by atoms with Crippen LogP contribution in [0.2, 0.25) is 0 Å². The van der Waals surface area contributed by atoms with Gasteiger partial charge in [-0.25, -0.2) is 8.42 Å². The Bertz CT molecular complexity index is 902. The highest BCUT2D eigenvalue weighted by Crippen LogP contribution is 2.30. The molecule has 0 aromatic heterocycles. The summed E-state index contributed by atoms with van der Waals surface area (Å²) in [6.07, 6.45) is 0.813. The minimum Gasteiger partial charge on any atom is -0.468 e. The molecule has 0 radical (unpaired) electrons. The highest BCUT2D eigenvalue weighted by molar-refractivity contribution is 7.89. The zero-order chi connectivity index (χ0) is 24.0. The summed E-state index contributed by atoms with van der Waals surface area (Å²) in [5.74, 6) is -1.17. The van der Waals surface area contributed by atoms with E-state index in [9.17, 15) is 28.1 Å². The van der Waals surface area contributed by atoms with Gasteiger partial charge in [0.25, 0.3) is 5.69 Å². The number of nitrogens with one attached hydrogen (secondary N) is 1. The molecule has 1 N–H and O–H groups in total. The molecule has 0 heterocycles. The number of methoxy groups -OCH3 is 1. The van der Waals surface area contributed by atoms with Gasteiger partial charge in [0, 0.05) is 18.6 Å². The lowest BCUT2D eigenvalue weighted by atomic mass is 9.80. The van der Waals surface area contributed by atoms with Crippen molar-refractivity contribution in [3.8, 4) is 0 Å². The maximum atomic E-state index is 12.8. The smallest absolute Gasteiger partial charge is 0.324 e. The molecule has 10 nitrogen and oxygen atoms in total. The van der Waals surface area contributed by atoms with E-state index in [1.807, 2.05) is 0 Å². The van der Waals surface area contributed by atoms with Crippen LogP contribution in [0.15, 0.2) is 29.2 Å². The fourth-order valence-corrected chi connectivity index (χ4v) is 4.20. The molecule has 0 saturated carbocycles. The number of hydrogen-bond donors (Lipinski definition) is 1. The Morgan fingerprint density at radius 1 is 1.13 bits per heavy atom. The van der Waals surface area contributed by atoms with Crippen molar-refractivity contribution < 1.29 is 32.4 Å². The average molecular weight is 459 g/mol. The van der Waals surface area contributed by atoms with E-state index >= 15 is 0 Å². The van der Waals surface area contributed by atoms with Crippen molar-refractivity contribution in [2.75, 3.05) is 7.11 Å². The van der Waals surface area contributed by atoms with Crippen molar-refractivity contribution in [1.82, 2.24) is 4.72 Å². The summed E-state index contributed by atoms with van der Waals surface area (Å²) in [5.41, 5.74) is -1.77. The number of hydrogen-bond acceptors (Lipinski definition) is 8. The summed E-state index contributed by atoms with van der Waals surface area (Å²) in [4.78, 5) is 34.2. The van der Waals surface area contributed by atoms with Gasteiger partial charge in [0.1, 0.15) is 11.6 Å². The number of carbonyl (C=O) groups excluding carboxylic acids is 2. The molecule has 0 aliphatic heterocycles. The fraction of sp³-hybridized carbons (Fsp3) is 0.600. The zero-order valence-corrected chi connectivity index (χ0v) is 19.4. The third-order valence-electron chi connectivity index (χ3n) is 4.47. The second-order valence-corrected chi connectivity index (χ2v) is 10.5. The van der Waals surface area contributed by atoms with Crippen molar-refractivity contribution in [1.29, 1.82) is 0 Å². The molecule has 0 aliphatic carbocycles. The van der Waals surface area contributed by atoms with Crippen molar-refractivity contribution in [2.45, 2.75) is 70.4 Å². The van der Waals surface area contributed by atoms with Gasteiger partial charge in [0.05, 0.1) is 16.9 Å². The number of benzene rings is 1. The number of rotatable bonds is 10. The molecule has 0 unspecified atom stereocenters. The summed E-state index contributed by atoms with van der Waals surface area (Å²) >= 11 is 0. The standard InChI is InChI=1S/C20H30N2O8S/c1-19(2,3)30-16(23)8-7-13-20(4,5)17(18(24)29-6)21-31(27,28)15-11-9-14(10-12-15)22(25)26/h9-12,17,21H,7-8,13H2,1-6H3/t17-/m1/s1. The number of carbonyl (C=O) groups is 2. The van der Waals surface area contributed by atoms with Crippen molar-refractivity contribution in [3.05, 3.63) is 34.4 Å². The molecule has 0 saturated heterocycles. The molecular formula is C20H30N2O8S.